The van der Waals surface area contributed by atoms with Crippen LogP contribution in [0.4, 0.5) is 0 Å². The molecule has 0 bridgehead atoms. The first-order chi connectivity index (χ1) is 19.2. The van der Waals surface area contributed by atoms with E-state index in [-0.39, 0.29) is 29.1 Å². The minimum atomic E-state index is -0.714. The van der Waals surface area contributed by atoms with Crippen LogP contribution in [0.25, 0.3) is 0 Å². The van der Waals surface area contributed by atoms with E-state index in [0.717, 1.165) is 30.4 Å². The van der Waals surface area contributed by atoms with Gasteiger partial charge in [0, 0.05) is 5.92 Å². The third kappa shape index (κ3) is 6.91. The number of fused-ring (bicyclic) bond motifs is 2. The van der Waals surface area contributed by atoms with Gasteiger partial charge < -0.3 is 16.0 Å². The van der Waals surface area contributed by atoms with Crippen LogP contribution in [0.3, 0.4) is 0 Å². The van der Waals surface area contributed by atoms with Gasteiger partial charge in [0.05, 0.1) is 24.0 Å². The molecule has 222 valence electrons. The fourth-order valence-corrected chi connectivity index (χ4v) is 6.32. The maximum absolute atomic E-state index is 14.5. The van der Waals surface area contributed by atoms with Gasteiger partial charge in [-0.2, -0.15) is 0 Å². The van der Waals surface area contributed by atoms with E-state index in [0.29, 0.717) is 12.8 Å². The van der Waals surface area contributed by atoms with Gasteiger partial charge in [-0.3, -0.25) is 14.4 Å². The van der Waals surface area contributed by atoms with Crippen LogP contribution in [0, 0.1) is 17.3 Å². The quantitative estimate of drug-likeness (QED) is 0.434. The number of carbonyl (C=O) groups is 3. The number of benzene rings is 2. The second-order valence-corrected chi connectivity index (χ2v) is 14.2. The van der Waals surface area contributed by atoms with E-state index in [1.807, 2.05) is 26.8 Å². The Balaban J connectivity index is 1.69. The minimum absolute atomic E-state index is 0.0255. The highest BCUT2D eigenvalue weighted by Gasteiger charge is 2.45. The molecule has 1 unspecified atom stereocenters. The van der Waals surface area contributed by atoms with Gasteiger partial charge in [0.25, 0.3) is 0 Å². The molecule has 4 rings (SSSR count). The molecule has 0 heterocycles. The topological polar surface area (TPSA) is 87.3 Å². The van der Waals surface area contributed by atoms with E-state index in [1.54, 1.807) is 14.0 Å². The van der Waals surface area contributed by atoms with Crippen LogP contribution in [-0.4, -0.2) is 36.7 Å². The lowest BCUT2D eigenvalue weighted by Crippen LogP contribution is -2.57. The zero-order chi connectivity index (χ0) is 30.1. The monoisotopic (exact) mass is 559 g/mol. The van der Waals surface area contributed by atoms with Crippen LogP contribution in [0.2, 0.25) is 0 Å². The van der Waals surface area contributed by atoms with Crippen molar-refractivity contribution in [2.24, 2.45) is 17.3 Å². The van der Waals surface area contributed by atoms with Gasteiger partial charge in [0.15, 0.2) is 5.78 Å². The number of hydrogen-bond acceptors (Lipinski definition) is 4. The zero-order valence-corrected chi connectivity index (χ0v) is 26.2. The molecule has 0 saturated carbocycles. The lowest BCUT2D eigenvalue weighted by atomic mass is 9.68. The molecule has 0 aliphatic heterocycles. The van der Waals surface area contributed by atoms with Gasteiger partial charge in [-0.05, 0) is 84.7 Å². The van der Waals surface area contributed by atoms with Crippen molar-refractivity contribution in [1.29, 1.82) is 0 Å². The van der Waals surface area contributed by atoms with Gasteiger partial charge in [0.2, 0.25) is 11.8 Å². The van der Waals surface area contributed by atoms with E-state index < -0.39 is 29.3 Å². The fraction of sp³-hybridized carbons (Fsp3) is 0.571. The SMILES string of the molecule is CN[C@@H](C)C(=O)N[C@H](C(=O)C1Cc2cc(C(C)(C)C)ccc2C[C@H]1C(=O)N[C@@H]1CCCc2ccccc21)C(C)(C)C. The maximum Gasteiger partial charge on any atom is 0.237 e. The second-order valence-electron chi connectivity index (χ2n) is 14.2. The summed E-state index contributed by atoms with van der Waals surface area (Å²) in [6.07, 6.45) is 3.93. The third-order valence-corrected chi connectivity index (χ3v) is 9.09. The number of carbonyl (C=O) groups excluding carboxylic acids is 3. The summed E-state index contributed by atoms with van der Waals surface area (Å²) in [4.78, 5) is 41.6. The van der Waals surface area contributed by atoms with Crippen LogP contribution in [-0.2, 0) is 39.1 Å². The standard InChI is InChI=1S/C35H49N3O3/c1-21(36-8)32(40)38-31(35(5,6)7)30(39)27-20-24-18-25(34(2,3)4)17-16-23(24)19-28(27)33(41)37-29-15-11-13-22-12-9-10-14-26(22)29/h9-10,12,14,16-18,21,27-29,31,36H,11,13,15,19-20H2,1-8H3,(H,37,41)(H,38,40)/t21-,27?,28+,29+,31+/m0/s1. The van der Waals surface area contributed by atoms with E-state index in [2.05, 4.69) is 73.1 Å². The predicted molar refractivity (Wildman–Crippen MR) is 165 cm³/mol. The van der Waals surface area contributed by atoms with E-state index >= 15 is 0 Å². The summed E-state index contributed by atoms with van der Waals surface area (Å²) in [5, 5.41) is 9.36. The molecule has 41 heavy (non-hydrogen) atoms. The Bertz CT molecular complexity index is 1290. The summed E-state index contributed by atoms with van der Waals surface area (Å²) in [5.41, 5.74) is 5.40. The molecule has 2 aliphatic rings. The molecule has 6 heteroatoms. The molecule has 2 aromatic rings. The van der Waals surface area contributed by atoms with Gasteiger partial charge >= 0.3 is 0 Å². The molecular formula is C35H49N3O3. The molecule has 6 nitrogen and oxygen atoms in total. The van der Waals surface area contributed by atoms with Gasteiger partial charge in [0.1, 0.15) is 0 Å². The molecular weight excluding hydrogens is 510 g/mol. The Kier molecular flexibility index (Phi) is 9.13. The number of rotatable bonds is 7. The Morgan fingerprint density at radius 1 is 0.878 bits per heavy atom. The Morgan fingerprint density at radius 2 is 1.56 bits per heavy atom. The summed E-state index contributed by atoms with van der Waals surface area (Å²) in [6, 6.07) is 13.7. The largest absolute Gasteiger partial charge is 0.349 e. The summed E-state index contributed by atoms with van der Waals surface area (Å²) < 4.78 is 0. The first kappa shape index (κ1) is 31.0. The fourth-order valence-electron chi connectivity index (χ4n) is 6.32. The summed E-state index contributed by atoms with van der Waals surface area (Å²) >= 11 is 0. The van der Waals surface area contributed by atoms with Crippen molar-refractivity contribution in [2.45, 2.75) is 104 Å². The third-order valence-electron chi connectivity index (χ3n) is 9.09. The van der Waals surface area contributed by atoms with Crippen molar-refractivity contribution in [3.63, 3.8) is 0 Å². The molecule has 3 N–H and O–H groups in total. The van der Waals surface area contributed by atoms with E-state index in [4.69, 9.17) is 0 Å². The number of hydrogen-bond donors (Lipinski definition) is 3. The number of nitrogens with one attached hydrogen (secondary N) is 3. The first-order valence-electron chi connectivity index (χ1n) is 15.2. The normalized spacial score (nSPS) is 22.1. The van der Waals surface area contributed by atoms with Crippen molar-refractivity contribution >= 4 is 17.6 Å². The smallest absolute Gasteiger partial charge is 0.237 e. The van der Waals surface area contributed by atoms with Crippen molar-refractivity contribution in [2.75, 3.05) is 7.05 Å². The molecule has 0 aromatic heterocycles. The molecule has 0 fully saturated rings. The minimum Gasteiger partial charge on any atom is -0.349 e. The predicted octanol–water partition coefficient (Wildman–Crippen LogP) is 5.22. The lowest BCUT2D eigenvalue weighted by molar-refractivity contribution is -0.139. The van der Waals surface area contributed by atoms with Crippen molar-refractivity contribution < 1.29 is 14.4 Å². The van der Waals surface area contributed by atoms with Crippen molar-refractivity contribution in [3.05, 3.63) is 70.3 Å². The van der Waals surface area contributed by atoms with Gasteiger partial charge in [-0.1, -0.05) is 84.0 Å². The Labute approximate surface area is 246 Å². The molecule has 0 spiro atoms. The van der Waals surface area contributed by atoms with Crippen LogP contribution < -0.4 is 16.0 Å². The summed E-state index contributed by atoms with van der Waals surface area (Å²) in [6.45, 7) is 14.3. The Morgan fingerprint density at radius 3 is 2.22 bits per heavy atom. The number of Topliss-reactive ketones (excluding diaryl/α,β-unsaturated/α-hetero) is 1. The van der Waals surface area contributed by atoms with Crippen LogP contribution >= 0.6 is 0 Å². The number of aryl methyl sites for hydroxylation is 1. The maximum atomic E-state index is 14.5. The second kappa shape index (κ2) is 12.1. The Hall–Kier alpha value is -2.99. The molecule has 5 atom stereocenters. The highest BCUT2D eigenvalue weighted by molar-refractivity contribution is 5.96. The zero-order valence-electron chi connectivity index (χ0n) is 26.2. The van der Waals surface area contributed by atoms with Crippen LogP contribution in [0.1, 0.15) is 95.2 Å². The lowest BCUT2D eigenvalue weighted by Gasteiger charge is -2.39. The molecule has 2 amide bonds. The highest BCUT2D eigenvalue weighted by atomic mass is 16.2. The van der Waals surface area contributed by atoms with Crippen LogP contribution in [0.15, 0.2) is 42.5 Å². The molecule has 2 aliphatic carbocycles. The number of ketones is 1. The van der Waals surface area contributed by atoms with Crippen molar-refractivity contribution in [1.82, 2.24) is 16.0 Å². The van der Waals surface area contributed by atoms with Gasteiger partial charge in [-0.25, -0.2) is 0 Å². The van der Waals surface area contributed by atoms with E-state index in [9.17, 15) is 14.4 Å². The number of likely N-dealkylation sites (N-methyl/N-ethyl adjacent to an activating group) is 1. The number of amides is 2. The molecule has 0 radical (unpaired) electrons. The summed E-state index contributed by atoms with van der Waals surface area (Å²) in [5.74, 6) is -1.39. The first-order valence-corrected chi connectivity index (χ1v) is 15.2. The average Bonchev–Trinajstić information content (AvgIpc) is 2.93. The molecule has 2 aromatic carbocycles. The highest BCUT2D eigenvalue weighted by Crippen LogP contribution is 2.38. The van der Waals surface area contributed by atoms with Gasteiger partial charge in [-0.15, -0.1) is 0 Å². The van der Waals surface area contributed by atoms with Crippen molar-refractivity contribution in [3.8, 4) is 0 Å². The summed E-state index contributed by atoms with van der Waals surface area (Å²) in [7, 11) is 1.73. The van der Waals surface area contributed by atoms with Crippen LogP contribution in [0.5, 0.6) is 0 Å². The average molecular weight is 560 g/mol. The van der Waals surface area contributed by atoms with E-state index in [1.165, 1.54) is 16.7 Å². The molecule has 0 saturated heterocycles.